The summed E-state index contributed by atoms with van der Waals surface area (Å²) in [5, 5.41) is 1.03. The fourth-order valence-corrected chi connectivity index (χ4v) is 3.27. The van der Waals surface area contributed by atoms with E-state index in [1.54, 1.807) is 7.11 Å². The first kappa shape index (κ1) is 17.2. The molecule has 0 atom stereocenters. The number of methoxy groups -OCH3 is 1. The van der Waals surface area contributed by atoms with E-state index in [2.05, 4.69) is 27.9 Å². The van der Waals surface area contributed by atoms with E-state index in [4.69, 9.17) is 14.7 Å². The van der Waals surface area contributed by atoms with Crippen LogP contribution in [0.2, 0.25) is 0 Å². The first-order valence-electron chi connectivity index (χ1n) is 9.03. The van der Waals surface area contributed by atoms with Crippen molar-refractivity contribution in [3.8, 4) is 17.0 Å². The highest BCUT2D eigenvalue weighted by atomic mass is 16.5. The Morgan fingerprint density at radius 3 is 2.56 bits per heavy atom. The largest absolute Gasteiger partial charge is 0.497 e. The third-order valence-electron chi connectivity index (χ3n) is 4.75. The van der Waals surface area contributed by atoms with Crippen molar-refractivity contribution in [2.75, 3.05) is 7.11 Å². The molecule has 0 amide bonds. The van der Waals surface area contributed by atoms with Gasteiger partial charge < -0.3 is 9.30 Å². The number of benzene rings is 2. The van der Waals surface area contributed by atoms with Crippen LogP contribution in [0.4, 0.5) is 0 Å². The Balaban J connectivity index is 1.56. The molecule has 2 aromatic carbocycles. The number of ether oxygens (including phenoxy) is 1. The van der Waals surface area contributed by atoms with Gasteiger partial charge in [-0.1, -0.05) is 30.3 Å². The lowest BCUT2D eigenvalue weighted by molar-refractivity contribution is 0.415. The van der Waals surface area contributed by atoms with Gasteiger partial charge in [0, 0.05) is 42.7 Å². The predicted molar refractivity (Wildman–Crippen MR) is 107 cm³/mol. The molecular weight excluding hydrogens is 336 g/mol. The molecular formula is C22H22N4O. The molecule has 0 spiro atoms. The Hall–Kier alpha value is -3.21. The Labute approximate surface area is 158 Å². The summed E-state index contributed by atoms with van der Waals surface area (Å²) in [6.45, 7) is 2.02. The van der Waals surface area contributed by atoms with E-state index >= 15 is 0 Å². The maximum absolute atomic E-state index is 5.30. The van der Waals surface area contributed by atoms with Crippen LogP contribution in [0.25, 0.3) is 22.2 Å². The molecule has 5 nitrogen and oxygen atoms in total. The smallest absolute Gasteiger partial charge is 0.129 e. The Bertz CT molecular complexity index is 1090. The van der Waals surface area contributed by atoms with Crippen molar-refractivity contribution in [1.82, 2.24) is 19.5 Å². The number of fused-ring (bicyclic) bond motifs is 1. The summed E-state index contributed by atoms with van der Waals surface area (Å²) in [6.07, 6.45) is 3.62. The van der Waals surface area contributed by atoms with E-state index in [9.17, 15) is 0 Å². The zero-order valence-electron chi connectivity index (χ0n) is 15.8. The van der Waals surface area contributed by atoms with Crippen LogP contribution in [0.3, 0.4) is 0 Å². The van der Waals surface area contributed by atoms with Gasteiger partial charge in [-0.25, -0.2) is 15.0 Å². The normalized spacial score (nSPS) is 11.1. The van der Waals surface area contributed by atoms with Crippen LogP contribution in [0, 0.1) is 6.92 Å². The molecule has 27 heavy (non-hydrogen) atoms. The van der Waals surface area contributed by atoms with Gasteiger partial charge in [-0.05, 0) is 25.1 Å². The van der Waals surface area contributed by atoms with Gasteiger partial charge in [-0.15, -0.1) is 0 Å². The van der Waals surface area contributed by atoms with Crippen LogP contribution >= 0.6 is 0 Å². The Morgan fingerprint density at radius 2 is 1.78 bits per heavy atom. The van der Waals surface area contributed by atoms with Crippen LogP contribution in [-0.2, 0) is 19.9 Å². The molecule has 0 saturated heterocycles. The Kier molecular flexibility index (Phi) is 4.59. The molecule has 136 valence electrons. The zero-order valence-corrected chi connectivity index (χ0v) is 15.8. The number of hydrogen-bond acceptors (Lipinski definition) is 4. The highest BCUT2D eigenvalue weighted by Crippen LogP contribution is 2.22. The topological polar surface area (TPSA) is 52.8 Å². The highest BCUT2D eigenvalue weighted by Gasteiger charge is 2.10. The van der Waals surface area contributed by atoms with Crippen molar-refractivity contribution >= 4 is 10.9 Å². The fraction of sp³-hybridized carbons (Fsp3) is 0.227. The van der Waals surface area contributed by atoms with Crippen LogP contribution in [0.1, 0.15) is 17.3 Å². The van der Waals surface area contributed by atoms with Crippen LogP contribution in [-0.4, -0.2) is 26.6 Å². The van der Waals surface area contributed by atoms with Crippen molar-refractivity contribution in [1.29, 1.82) is 0 Å². The third kappa shape index (κ3) is 3.53. The minimum Gasteiger partial charge on any atom is -0.497 e. The fourth-order valence-electron chi connectivity index (χ4n) is 3.27. The number of nitrogens with zero attached hydrogens (tertiary/aromatic N) is 4. The zero-order chi connectivity index (χ0) is 18.8. The first-order valence-corrected chi connectivity index (χ1v) is 9.03. The second-order valence-corrected chi connectivity index (χ2v) is 6.63. The summed E-state index contributed by atoms with van der Waals surface area (Å²) in [5.74, 6) is 2.70. The lowest BCUT2D eigenvalue weighted by Crippen LogP contribution is -2.04. The third-order valence-corrected chi connectivity index (χ3v) is 4.75. The van der Waals surface area contributed by atoms with E-state index in [0.717, 1.165) is 58.1 Å². The molecule has 4 aromatic rings. The Morgan fingerprint density at radius 1 is 0.963 bits per heavy atom. The number of imidazole rings is 1. The number of rotatable bonds is 5. The van der Waals surface area contributed by atoms with E-state index in [1.807, 2.05) is 50.4 Å². The van der Waals surface area contributed by atoms with E-state index in [1.165, 1.54) is 0 Å². The number of aryl methyl sites for hydroxylation is 4. The van der Waals surface area contributed by atoms with Gasteiger partial charge in [0.2, 0.25) is 0 Å². The molecule has 0 fully saturated rings. The molecule has 0 radical (unpaired) electrons. The summed E-state index contributed by atoms with van der Waals surface area (Å²) in [4.78, 5) is 14.2. The van der Waals surface area contributed by atoms with Crippen molar-refractivity contribution in [2.24, 2.45) is 7.05 Å². The molecule has 0 bridgehead atoms. The summed E-state index contributed by atoms with van der Waals surface area (Å²) in [6, 6.07) is 16.1. The van der Waals surface area contributed by atoms with Crippen molar-refractivity contribution in [2.45, 2.75) is 19.8 Å². The average molecular weight is 358 g/mol. The van der Waals surface area contributed by atoms with Gasteiger partial charge >= 0.3 is 0 Å². The SMILES string of the molecule is COc1ccc2nc(CCc3nc(-c4ccccc4)cn3C)nc(C)c2c1. The lowest BCUT2D eigenvalue weighted by atomic mass is 10.1. The summed E-state index contributed by atoms with van der Waals surface area (Å²) >= 11 is 0. The molecule has 0 N–H and O–H groups in total. The lowest BCUT2D eigenvalue weighted by Gasteiger charge is -2.07. The highest BCUT2D eigenvalue weighted by molar-refractivity contribution is 5.82. The maximum atomic E-state index is 5.30. The first-order chi connectivity index (χ1) is 13.1. The predicted octanol–water partition coefficient (Wildman–Crippen LogP) is 4.13. The van der Waals surface area contributed by atoms with E-state index in [-0.39, 0.29) is 0 Å². The molecule has 5 heteroatoms. The molecule has 0 unspecified atom stereocenters. The summed E-state index contributed by atoms with van der Waals surface area (Å²) < 4.78 is 7.38. The van der Waals surface area contributed by atoms with Gasteiger partial charge in [-0.3, -0.25) is 0 Å². The van der Waals surface area contributed by atoms with Gasteiger partial charge in [0.15, 0.2) is 0 Å². The van der Waals surface area contributed by atoms with Gasteiger partial charge in [0.25, 0.3) is 0 Å². The molecule has 0 aliphatic rings. The van der Waals surface area contributed by atoms with Crippen LogP contribution in [0.5, 0.6) is 5.75 Å². The van der Waals surface area contributed by atoms with Crippen LogP contribution < -0.4 is 4.74 Å². The van der Waals surface area contributed by atoms with Crippen LogP contribution in [0.15, 0.2) is 54.7 Å². The minimum atomic E-state index is 0.752. The molecule has 0 saturated carbocycles. The monoisotopic (exact) mass is 358 g/mol. The minimum absolute atomic E-state index is 0.752. The number of hydrogen-bond donors (Lipinski definition) is 0. The second-order valence-electron chi connectivity index (χ2n) is 6.63. The average Bonchev–Trinajstić information content (AvgIpc) is 3.07. The van der Waals surface area contributed by atoms with Gasteiger partial charge in [-0.2, -0.15) is 0 Å². The molecule has 0 aliphatic heterocycles. The van der Waals surface area contributed by atoms with E-state index in [0.29, 0.717) is 0 Å². The molecule has 2 heterocycles. The quantitative estimate of drug-likeness (QED) is 0.538. The summed E-state index contributed by atoms with van der Waals surface area (Å²) in [5.41, 5.74) is 4.05. The molecule has 4 rings (SSSR count). The van der Waals surface area contributed by atoms with Gasteiger partial charge in [0.05, 0.1) is 18.3 Å². The second kappa shape index (κ2) is 7.19. The van der Waals surface area contributed by atoms with Crippen molar-refractivity contribution in [3.05, 3.63) is 72.1 Å². The van der Waals surface area contributed by atoms with E-state index < -0.39 is 0 Å². The van der Waals surface area contributed by atoms with Gasteiger partial charge in [0.1, 0.15) is 17.4 Å². The van der Waals surface area contributed by atoms with Crippen molar-refractivity contribution < 1.29 is 4.74 Å². The summed E-state index contributed by atoms with van der Waals surface area (Å²) in [7, 11) is 3.70. The standard InChI is InChI=1S/C22H22N4O/c1-15-18-13-17(27-3)9-10-19(18)24-21(23-15)11-12-22-25-20(14-26(22)2)16-7-5-4-6-8-16/h4-10,13-14H,11-12H2,1-3H3. The molecule has 0 aliphatic carbocycles. The maximum Gasteiger partial charge on any atom is 0.129 e. The molecule has 2 aromatic heterocycles. The number of aromatic nitrogens is 4. The van der Waals surface area contributed by atoms with Crippen molar-refractivity contribution in [3.63, 3.8) is 0 Å².